The van der Waals surface area contributed by atoms with E-state index in [0.29, 0.717) is 11.9 Å². The van der Waals surface area contributed by atoms with Gasteiger partial charge in [-0.1, -0.05) is 0 Å². The number of hydrogen-bond donors (Lipinski definition) is 1. The number of anilines is 1. The summed E-state index contributed by atoms with van der Waals surface area (Å²) in [4.78, 5) is 11.5. The molecule has 2 aliphatic rings. The Morgan fingerprint density at radius 1 is 1.30 bits per heavy atom. The maximum Gasteiger partial charge on any atom is 0.229 e. The van der Waals surface area contributed by atoms with Crippen molar-refractivity contribution >= 4 is 5.95 Å². The molecular weight excluding hydrogens is 252 g/mol. The first-order chi connectivity index (χ1) is 9.76. The zero-order valence-electron chi connectivity index (χ0n) is 12.4. The predicted molar refractivity (Wildman–Crippen MR) is 79.3 cm³/mol. The molecule has 0 aromatic carbocycles. The van der Waals surface area contributed by atoms with Crippen LogP contribution >= 0.6 is 0 Å². The topological polar surface area (TPSA) is 50.3 Å². The average Bonchev–Trinajstić information content (AvgIpc) is 3.29. The number of piperidine rings is 1. The van der Waals surface area contributed by atoms with E-state index in [2.05, 4.69) is 20.2 Å². The van der Waals surface area contributed by atoms with Gasteiger partial charge < -0.3 is 15.0 Å². The first-order valence-corrected chi connectivity index (χ1v) is 7.66. The second-order valence-corrected chi connectivity index (χ2v) is 5.88. The molecule has 5 heteroatoms. The first-order valence-electron chi connectivity index (χ1n) is 7.66. The fourth-order valence-corrected chi connectivity index (χ4v) is 2.82. The van der Waals surface area contributed by atoms with Crippen LogP contribution in [-0.4, -0.2) is 42.3 Å². The number of hydrogen-bond acceptors (Lipinski definition) is 5. The fourth-order valence-electron chi connectivity index (χ4n) is 2.82. The molecule has 1 atom stereocenters. The summed E-state index contributed by atoms with van der Waals surface area (Å²) < 4.78 is 5.28. The van der Waals surface area contributed by atoms with Gasteiger partial charge in [0.2, 0.25) is 11.8 Å². The monoisotopic (exact) mass is 276 g/mol. The van der Waals surface area contributed by atoms with E-state index in [1.54, 1.807) is 7.11 Å². The largest absolute Gasteiger partial charge is 0.481 e. The summed E-state index contributed by atoms with van der Waals surface area (Å²) in [5.74, 6) is 1.48. The third-order valence-electron chi connectivity index (χ3n) is 4.13. The number of nitrogens with one attached hydrogen (secondary N) is 1. The van der Waals surface area contributed by atoms with Crippen molar-refractivity contribution in [1.29, 1.82) is 0 Å². The lowest BCUT2D eigenvalue weighted by molar-refractivity contribution is 0.390. The van der Waals surface area contributed by atoms with Crippen LogP contribution in [0.25, 0.3) is 0 Å². The molecule has 0 amide bonds. The Morgan fingerprint density at radius 3 is 2.90 bits per heavy atom. The van der Waals surface area contributed by atoms with Gasteiger partial charge in [-0.2, -0.15) is 4.98 Å². The molecule has 0 spiro atoms. The normalized spacial score (nSPS) is 22.9. The Hall–Kier alpha value is -1.36. The van der Waals surface area contributed by atoms with Crippen LogP contribution < -0.4 is 15.0 Å². The second-order valence-electron chi connectivity index (χ2n) is 5.88. The van der Waals surface area contributed by atoms with Gasteiger partial charge in [0.15, 0.2) is 0 Å². The Kier molecular flexibility index (Phi) is 4.05. The van der Waals surface area contributed by atoms with Crippen molar-refractivity contribution < 1.29 is 4.74 Å². The van der Waals surface area contributed by atoms with Crippen LogP contribution in [0.2, 0.25) is 0 Å². The molecule has 1 saturated heterocycles. The van der Waals surface area contributed by atoms with Gasteiger partial charge in [0.05, 0.1) is 7.11 Å². The van der Waals surface area contributed by atoms with Gasteiger partial charge in [-0.05, 0) is 39.0 Å². The predicted octanol–water partition coefficient (Wildman–Crippen LogP) is 1.90. The molecule has 1 unspecified atom stereocenters. The molecule has 3 rings (SSSR count). The van der Waals surface area contributed by atoms with Gasteiger partial charge in [-0.25, -0.2) is 4.98 Å². The van der Waals surface area contributed by atoms with Gasteiger partial charge in [0.1, 0.15) is 0 Å². The molecule has 2 heterocycles. The van der Waals surface area contributed by atoms with Crippen molar-refractivity contribution in [3.8, 4) is 5.88 Å². The minimum Gasteiger partial charge on any atom is -0.481 e. The van der Waals surface area contributed by atoms with Gasteiger partial charge in [-0.15, -0.1) is 0 Å². The van der Waals surface area contributed by atoms with Crippen molar-refractivity contribution in [3.63, 3.8) is 0 Å². The molecule has 110 valence electrons. The number of aromatic nitrogens is 2. The Balaban J connectivity index is 1.75. The van der Waals surface area contributed by atoms with E-state index in [0.717, 1.165) is 30.8 Å². The summed E-state index contributed by atoms with van der Waals surface area (Å²) in [6, 6.07) is 3.15. The van der Waals surface area contributed by atoms with Crippen LogP contribution in [0.1, 0.15) is 37.8 Å². The van der Waals surface area contributed by atoms with Gasteiger partial charge in [-0.3, -0.25) is 0 Å². The third kappa shape index (κ3) is 3.20. The summed E-state index contributed by atoms with van der Waals surface area (Å²) in [5.41, 5.74) is 0.964. The van der Waals surface area contributed by atoms with E-state index < -0.39 is 0 Å². The molecule has 5 nitrogen and oxygen atoms in total. The van der Waals surface area contributed by atoms with E-state index in [4.69, 9.17) is 4.74 Å². The molecule has 1 aromatic rings. The number of methoxy groups -OCH3 is 1. The number of rotatable bonds is 5. The fraction of sp³-hybridized carbons (Fsp3) is 0.733. The highest BCUT2D eigenvalue weighted by molar-refractivity contribution is 5.36. The van der Waals surface area contributed by atoms with Crippen LogP contribution in [0, 0.1) is 6.92 Å². The molecule has 1 N–H and O–H groups in total. The second kappa shape index (κ2) is 5.95. The minimum atomic E-state index is 0.510. The van der Waals surface area contributed by atoms with Gasteiger partial charge in [0, 0.05) is 36.9 Å². The highest BCUT2D eigenvalue weighted by Crippen LogP contribution is 2.25. The van der Waals surface area contributed by atoms with Crippen LogP contribution in [0.15, 0.2) is 6.07 Å². The molecule has 0 radical (unpaired) electrons. The zero-order valence-corrected chi connectivity index (χ0v) is 12.4. The van der Waals surface area contributed by atoms with Crippen LogP contribution in [0.5, 0.6) is 5.88 Å². The van der Waals surface area contributed by atoms with Crippen molar-refractivity contribution in [1.82, 2.24) is 15.3 Å². The summed E-state index contributed by atoms with van der Waals surface area (Å²) in [5, 5.41) is 3.64. The van der Waals surface area contributed by atoms with E-state index in [-0.39, 0.29) is 0 Å². The van der Waals surface area contributed by atoms with Crippen LogP contribution in [0.4, 0.5) is 5.95 Å². The quantitative estimate of drug-likeness (QED) is 0.890. The zero-order chi connectivity index (χ0) is 13.9. The Morgan fingerprint density at radius 2 is 2.15 bits per heavy atom. The summed E-state index contributed by atoms with van der Waals surface area (Å²) in [6.45, 7) is 4.09. The van der Waals surface area contributed by atoms with E-state index in [1.165, 1.54) is 32.1 Å². The summed E-state index contributed by atoms with van der Waals surface area (Å²) >= 11 is 0. The van der Waals surface area contributed by atoms with Crippen molar-refractivity contribution in [3.05, 3.63) is 11.8 Å². The van der Waals surface area contributed by atoms with Crippen LogP contribution in [0.3, 0.4) is 0 Å². The number of nitrogens with zero attached hydrogens (tertiary/aromatic N) is 3. The average molecular weight is 276 g/mol. The van der Waals surface area contributed by atoms with Crippen LogP contribution in [-0.2, 0) is 0 Å². The molecule has 1 saturated carbocycles. The maximum absolute atomic E-state index is 5.28. The lowest BCUT2D eigenvalue weighted by Gasteiger charge is -2.36. The lowest BCUT2D eigenvalue weighted by Crippen LogP contribution is -2.46. The van der Waals surface area contributed by atoms with Crippen molar-refractivity contribution in [2.24, 2.45) is 0 Å². The SMILES string of the molecule is COc1cc(C)nc(N2CCCCC2CNC2CC2)n1. The van der Waals surface area contributed by atoms with Crippen molar-refractivity contribution in [2.75, 3.05) is 25.1 Å². The van der Waals surface area contributed by atoms with E-state index in [9.17, 15) is 0 Å². The summed E-state index contributed by atoms with van der Waals surface area (Å²) in [6.07, 6.45) is 6.42. The number of ether oxygens (including phenoxy) is 1. The highest BCUT2D eigenvalue weighted by atomic mass is 16.5. The van der Waals surface area contributed by atoms with E-state index in [1.807, 2.05) is 13.0 Å². The lowest BCUT2D eigenvalue weighted by atomic mass is 10.0. The molecular formula is C15H24N4O. The molecule has 2 fully saturated rings. The molecule has 20 heavy (non-hydrogen) atoms. The third-order valence-corrected chi connectivity index (χ3v) is 4.13. The first kappa shape index (κ1) is 13.6. The number of aryl methyl sites for hydroxylation is 1. The van der Waals surface area contributed by atoms with Crippen molar-refractivity contribution in [2.45, 2.75) is 51.1 Å². The molecule has 0 bridgehead atoms. The highest BCUT2D eigenvalue weighted by Gasteiger charge is 2.28. The molecule has 1 aliphatic carbocycles. The molecule has 1 aliphatic heterocycles. The Labute approximate surface area is 120 Å². The maximum atomic E-state index is 5.28. The minimum absolute atomic E-state index is 0.510. The Bertz CT molecular complexity index is 461. The van der Waals surface area contributed by atoms with Gasteiger partial charge in [0.25, 0.3) is 0 Å². The smallest absolute Gasteiger partial charge is 0.229 e. The summed E-state index contributed by atoms with van der Waals surface area (Å²) in [7, 11) is 1.66. The van der Waals surface area contributed by atoms with Gasteiger partial charge >= 0.3 is 0 Å². The van der Waals surface area contributed by atoms with E-state index >= 15 is 0 Å². The molecule has 1 aromatic heterocycles. The standard InChI is InChI=1S/C15H24N4O/c1-11-9-14(20-2)18-15(17-11)19-8-4-3-5-13(19)10-16-12-6-7-12/h9,12-13,16H,3-8,10H2,1-2H3.